The second-order valence-corrected chi connectivity index (χ2v) is 7.78. The molecular formula is C24H27N7. The van der Waals surface area contributed by atoms with Crippen molar-refractivity contribution in [3.05, 3.63) is 70.8 Å². The molecule has 0 atom stereocenters. The Bertz CT molecular complexity index is 1270. The van der Waals surface area contributed by atoms with E-state index in [0.29, 0.717) is 12.3 Å². The maximum absolute atomic E-state index is 8.14. The van der Waals surface area contributed by atoms with Crippen LogP contribution in [0.15, 0.2) is 42.6 Å². The predicted octanol–water partition coefficient (Wildman–Crippen LogP) is 4.76. The number of nitrogens with zero attached hydrogens (tertiary/aromatic N) is 4. The summed E-state index contributed by atoms with van der Waals surface area (Å²) in [6, 6.07) is 12.2. The van der Waals surface area contributed by atoms with Crippen LogP contribution in [0.4, 0.5) is 11.5 Å². The summed E-state index contributed by atoms with van der Waals surface area (Å²) in [6.45, 7) is 8.41. The van der Waals surface area contributed by atoms with Gasteiger partial charge in [-0.2, -0.15) is 9.61 Å². The maximum atomic E-state index is 8.14. The molecular weight excluding hydrogens is 386 g/mol. The monoisotopic (exact) mass is 413 g/mol. The predicted molar refractivity (Wildman–Crippen MR) is 126 cm³/mol. The van der Waals surface area contributed by atoms with Crippen molar-refractivity contribution in [1.29, 1.82) is 5.41 Å². The summed E-state index contributed by atoms with van der Waals surface area (Å²) < 4.78 is 1.86. The summed E-state index contributed by atoms with van der Waals surface area (Å²) in [5, 5.41) is 19.6. The standard InChI is InChI=1S/C24H27N7/c1-14-6-7-18(12-27-14)13-28-22-10-15(2)29-24-23(17(4)30-31(22)24)19-8-9-21(26-5)20(11-19)16(3)25/h6-12,25-26,28H,13H2,1-5H3. The Kier molecular flexibility index (Phi) is 5.42. The molecule has 0 amide bonds. The number of hydrogen-bond acceptors (Lipinski definition) is 6. The summed E-state index contributed by atoms with van der Waals surface area (Å²) >= 11 is 0. The van der Waals surface area contributed by atoms with Crippen molar-refractivity contribution in [3.63, 3.8) is 0 Å². The van der Waals surface area contributed by atoms with Crippen molar-refractivity contribution >= 4 is 22.9 Å². The van der Waals surface area contributed by atoms with Gasteiger partial charge in [-0.15, -0.1) is 0 Å². The van der Waals surface area contributed by atoms with Gasteiger partial charge < -0.3 is 16.0 Å². The van der Waals surface area contributed by atoms with Gasteiger partial charge in [0.2, 0.25) is 0 Å². The molecule has 3 aromatic heterocycles. The maximum Gasteiger partial charge on any atom is 0.165 e. The van der Waals surface area contributed by atoms with Crippen molar-refractivity contribution < 1.29 is 0 Å². The van der Waals surface area contributed by atoms with Gasteiger partial charge in [0.25, 0.3) is 0 Å². The number of pyridine rings is 1. The molecule has 7 heteroatoms. The highest BCUT2D eigenvalue weighted by atomic mass is 15.3. The lowest BCUT2D eigenvalue weighted by Crippen LogP contribution is -2.07. The lowest BCUT2D eigenvalue weighted by molar-refractivity contribution is 0.899. The molecule has 1 aromatic carbocycles. The molecule has 0 aliphatic rings. The van der Waals surface area contributed by atoms with Crippen LogP contribution in [0.3, 0.4) is 0 Å². The summed E-state index contributed by atoms with van der Waals surface area (Å²) in [4.78, 5) is 9.16. The van der Waals surface area contributed by atoms with E-state index in [1.807, 2.05) is 62.8 Å². The number of rotatable bonds is 6. The smallest absolute Gasteiger partial charge is 0.165 e. The number of benzene rings is 1. The van der Waals surface area contributed by atoms with Crippen LogP contribution < -0.4 is 10.6 Å². The minimum Gasteiger partial charge on any atom is -0.388 e. The fourth-order valence-corrected chi connectivity index (χ4v) is 3.73. The summed E-state index contributed by atoms with van der Waals surface area (Å²) in [6.07, 6.45) is 1.89. The molecule has 0 saturated carbocycles. The molecule has 4 rings (SSSR count). The van der Waals surface area contributed by atoms with E-state index in [4.69, 9.17) is 15.5 Å². The molecule has 0 spiro atoms. The van der Waals surface area contributed by atoms with Gasteiger partial charge in [-0.05, 0) is 57.0 Å². The Morgan fingerprint density at radius 1 is 1.06 bits per heavy atom. The quantitative estimate of drug-likeness (QED) is 0.397. The van der Waals surface area contributed by atoms with Crippen LogP contribution in [0, 0.1) is 26.2 Å². The van der Waals surface area contributed by atoms with E-state index in [-0.39, 0.29) is 0 Å². The number of anilines is 2. The highest BCUT2D eigenvalue weighted by molar-refractivity contribution is 6.03. The molecule has 31 heavy (non-hydrogen) atoms. The van der Waals surface area contributed by atoms with Crippen molar-refractivity contribution in [1.82, 2.24) is 19.6 Å². The fraction of sp³-hybridized carbons (Fsp3) is 0.250. The van der Waals surface area contributed by atoms with E-state index in [1.165, 1.54) is 0 Å². The molecule has 0 aliphatic carbocycles. The average Bonchev–Trinajstić information content (AvgIpc) is 3.08. The highest BCUT2D eigenvalue weighted by Crippen LogP contribution is 2.32. The van der Waals surface area contributed by atoms with Crippen LogP contribution in [0.2, 0.25) is 0 Å². The molecule has 7 nitrogen and oxygen atoms in total. The highest BCUT2D eigenvalue weighted by Gasteiger charge is 2.17. The lowest BCUT2D eigenvalue weighted by atomic mass is 10.00. The summed E-state index contributed by atoms with van der Waals surface area (Å²) in [5.74, 6) is 0.882. The number of nitrogens with one attached hydrogen (secondary N) is 3. The third-order valence-corrected chi connectivity index (χ3v) is 5.32. The molecule has 3 N–H and O–H groups in total. The SMILES string of the molecule is CNc1ccc(-c2c(C)nn3c(NCc4ccc(C)nc4)cc(C)nc23)cc1C(C)=N. The van der Waals surface area contributed by atoms with E-state index < -0.39 is 0 Å². The van der Waals surface area contributed by atoms with Crippen molar-refractivity contribution in [2.24, 2.45) is 0 Å². The Labute approximate surface area is 182 Å². The van der Waals surface area contributed by atoms with Gasteiger partial charge in [0.1, 0.15) is 5.82 Å². The first-order valence-electron chi connectivity index (χ1n) is 10.3. The van der Waals surface area contributed by atoms with Crippen LogP contribution in [0.1, 0.15) is 35.1 Å². The van der Waals surface area contributed by atoms with Crippen LogP contribution in [-0.2, 0) is 6.54 Å². The number of fused-ring (bicyclic) bond motifs is 1. The Balaban J connectivity index is 1.78. The normalized spacial score (nSPS) is 11.0. The van der Waals surface area contributed by atoms with Gasteiger partial charge in [0, 0.05) is 59.8 Å². The number of aryl methyl sites for hydroxylation is 3. The molecule has 158 valence electrons. The Morgan fingerprint density at radius 3 is 2.55 bits per heavy atom. The molecule has 0 bridgehead atoms. The first-order valence-corrected chi connectivity index (χ1v) is 10.3. The van der Waals surface area contributed by atoms with E-state index >= 15 is 0 Å². The molecule has 0 fully saturated rings. The van der Waals surface area contributed by atoms with Gasteiger partial charge >= 0.3 is 0 Å². The summed E-state index contributed by atoms with van der Waals surface area (Å²) in [5.41, 5.74) is 9.01. The first kappa shape index (κ1) is 20.5. The van der Waals surface area contributed by atoms with Crippen molar-refractivity contribution in [2.75, 3.05) is 17.7 Å². The largest absolute Gasteiger partial charge is 0.388 e. The third kappa shape index (κ3) is 3.99. The zero-order valence-corrected chi connectivity index (χ0v) is 18.5. The minimum absolute atomic E-state index is 0.513. The zero-order valence-electron chi connectivity index (χ0n) is 18.5. The van der Waals surface area contributed by atoms with Gasteiger partial charge in [-0.25, -0.2) is 4.98 Å². The molecule has 0 unspecified atom stereocenters. The third-order valence-electron chi connectivity index (χ3n) is 5.32. The molecule has 0 radical (unpaired) electrons. The van der Waals surface area contributed by atoms with Crippen LogP contribution >= 0.6 is 0 Å². The van der Waals surface area contributed by atoms with E-state index in [2.05, 4.69) is 27.8 Å². The topological polar surface area (TPSA) is 91.0 Å². The van der Waals surface area contributed by atoms with Crippen LogP contribution in [0.5, 0.6) is 0 Å². The summed E-state index contributed by atoms with van der Waals surface area (Å²) in [7, 11) is 1.87. The minimum atomic E-state index is 0.513. The van der Waals surface area contributed by atoms with Crippen LogP contribution in [0.25, 0.3) is 16.8 Å². The first-order chi connectivity index (χ1) is 14.9. The van der Waals surface area contributed by atoms with E-state index in [0.717, 1.165) is 56.5 Å². The zero-order chi connectivity index (χ0) is 22.1. The van der Waals surface area contributed by atoms with Crippen molar-refractivity contribution in [2.45, 2.75) is 34.2 Å². The van der Waals surface area contributed by atoms with Gasteiger partial charge in [0.15, 0.2) is 5.65 Å². The van der Waals surface area contributed by atoms with Gasteiger partial charge in [-0.3, -0.25) is 4.98 Å². The van der Waals surface area contributed by atoms with Crippen LogP contribution in [-0.4, -0.2) is 32.3 Å². The Hall–Kier alpha value is -3.74. The molecule has 0 saturated heterocycles. The Morgan fingerprint density at radius 2 is 1.87 bits per heavy atom. The van der Waals surface area contributed by atoms with Gasteiger partial charge in [0.05, 0.1) is 5.69 Å². The average molecular weight is 414 g/mol. The van der Waals surface area contributed by atoms with E-state index in [1.54, 1.807) is 6.92 Å². The number of aromatic nitrogens is 4. The second kappa shape index (κ2) is 8.18. The number of hydrogen-bond donors (Lipinski definition) is 3. The molecule has 4 aromatic rings. The second-order valence-electron chi connectivity index (χ2n) is 7.78. The fourth-order valence-electron chi connectivity index (χ4n) is 3.73. The van der Waals surface area contributed by atoms with Gasteiger partial charge in [-0.1, -0.05) is 12.1 Å². The lowest BCUT2D eigenvalue weighted by Gasteiger charge is -2.12. The molecule has 3 heterocycles. The molecule has 0 aliphatic heterocycles. The van der Waals surface area contributed by atoms with E-state index in [9.17, 15) is 0 Å². The van der Waals surface area contributed by atoms with Crippen molar-refractivity contribution in [3.8, 4) is 11.1 Å².